The normalized spacial score (nSPS) is 27.1. The van der Waals surface area contributed by atoms with E-state index in [1.807, 2.05) is 0 Å². The number of nitrogens with two attached hydrogens (primary N) is 1. The van der Waals surface area contributed by atoms with E-state index in [1.54, 1.807) is 23.0 Å². The minimum atomic E-state index is -0.0301. The molecule has 1 saturated carbocycles. The van der Waals surface area contributed by atoms with Crippen molar-refractivity contribution in [3.05, 3.63) is 0 Å². The number of hydrogen-bond donors (Lipinski definition) is 1. The van der Waals surface area contributed by atoms with E-state index in [0.29, 0.717) is 0 Å². The number of carbonyl (C=O) groups excluding carboxylic acids is 1. The molecule has 13 heavy (non-hydrogen) atoms. The molecule has 2 N–H and O–H groups in total. The first-order valence-corrected chi connectivity index (χ1v) is 5.52. The third-order valence-corrected chi connectivity index (χ3v) is 2.86. The Balaban J connectivity index is 0.000000671. The first kappa shape index (κ1) is 13.2. The van der Waals surface area contributed by atoms with Gasteiger partial charge in [-0.15, -0.1) is 0 Å². The minimum Gasteiger partial charge on any atom is -0.394 e. The van der Waals surface area contributed by atoms with Gasteiger partial charge in [0.05, 0.1) is 5.92 Å². The molecular weight excluding hydrogens is 281 g/mol. The monoisotopic (exact) mass is 299 g/mol. The molecule has 0 saturated heterocycles. The molecule has 0 radical (unpaired) electrons. The van der Waals surface area contributed by atoms with Crippen molar-refractivity contribution in [3.63, 3.8) is 0 Å². The van der Waals surface area contributed by atoms with Gasteiger partial charge in [0.25, 0.3) is 0 Å². The molecular formula is C9H18INO2. The zero-order valence-electron chi connectivity index (χ0n) is 8.25. The predicted octanol–water partition coefficient (Wildman–Crippen LogP) is 2.28. The van der Waals surface area contributed by atoms with Gasteiger partial charge in [0, 0.05) is 0 Å². The Morgan fingerprint density at radius 3 is 2.15 bits per heavy atom. The summed E-state index contributed by atoms with van der Waals surface area (Å²) in [4.78, 5) is 11.0. The second kappa shape index (κ2) is 7.55. The maximum absolute atomic E-state index is 11.0. The SMILES string of the molecule is CC1CCC(C(=O)OI)CC1.CN. The smallest absolute Gasteiger partial charge is 0.318 e. The Hall–Kier alpha value is 0.160. The Morgan fingerprint density at radius 1 is 1.31 bits per heavy atom. The topological polar surface area (TPSA) is 52.3 Å². The minimum absolute atomic E-state index is 0.0301. The Kier molecular flexibility index (Phi) is 7.65. The predicted molar refractivity (Wildman–Crippen MR) is 61.3 cm³/mol. The lowest BCUT2D eigenvalue weighted by Gasteiger charge is -2.23. The molecule has 0 aliphatic heterocycles. The second-order valence-electron chi connectivity index (χ2n) is 3.35. The Bertz CT molecular complexity index is 145. The standard InChI is InChI=1S/C8H13IO2.CH5N/c1-6-2-4-7(5-3-6)8(10)11-9;1-2/h6-7H,2-5H2,1H3;2H2,1H3. The summed E-state index contributed by atoms with van der Waals surface area (Å²) < 4.78 is 4.66. The lowest BCUT2D eigenvalue weighted by molar-refractivity contribution is -0.137. The second-order valence-corrected chi connectivity index (χ2v) is 3.79. The van der Waals surface area contributed by atoms with Crippen LogP contribution in [-0.2, 0) is 7.86 Å². The van der Waals surface area contributed by atoms with Gasteiger partial charge in [0.1, 0.15) is 0 Å². The fourth-order valence-electron chi connectivity index (χ4n) is 1.56. The van der Waals surface area contributed by atoms with E-state index >= 15 is 0 Å². The summed E-state index contributed by atoms with van der Waals surface area (Å²) >= 11 is 1.67. The van der Waals surface area contributed by atoms with E-state index < -0.39 is 0 Å². The van der Waals surface area contributed by atoms with Crippen molar-refractivity contribution in [2.45, 2.75) is 32.6 Å². The maximum Gasteiger partial charge on any atom is 0.318 e. The highest BCUT2D eigenvalue weighted by molar-refractivity contribution is 14.1. The van der Waals surface area contributed by atoms with Crippen LogP contribution < -0.4 is 5.73 Å². The quantitative estimate of drug-likeness (QED) is 0.756. The van der Waals surface area contributed by atoms with E-state index in [2.05, 4.69) is 15.7 Å². The fourth-order valence-corrected chi connectivity index (χ4v) is 1.92. The van der Waals surface area contributed by atoms with E-state index in [0.717, 1.165) is 18.8 Å². The molecule has 0 heterocycles. The van der Waals surface area contributed by atoms with Gasteiger partial charge in [-0.3, -0.25) is 4.79 Å². The van der Waals surface area contributed by atoms with Crippen LogP contribution in [0.15, 0.2) is 0 Å². The lowest BCUT2D eigenvalue weighted by atomic mass is 9.83. The van der Waals surface area contributed by atoms with Crippen molar-refractivity contribution in [3.8, 4) is 0 Å². The van der Waals surface area contributed by atoms with Crippen LogP contribution in [0.5, 0.6) is 0 Å². The zero-order chi connectivity index (χ0) is 10.3. The summed E-state index contributed by atoms with van der Waals surface area (Å²) in [5.74, 6) is 0.953. The van der Waals surface area contributed by atoms with Crippen LogP contribution in [0.25, 0.3) is 0 Å². The number of hydrogen-bond acceptors (Lipinski definition) is 3. The first-order valence-electron chi connectivity index (χ1n) is 4.64. The van der Waals surface area contributed by atoms with Crippen molar-refractivity contribution < 1.29 is 7.86 Å². The van der Waals surface area contributed by atoms with Crippen molar-refractivity contribution in [2.24, 2.45) is 17.6 Å². The van der Waals surface area contributed by atoms with Gasteiger partial charge in [-0.25, -0.2) is 0 Å². The van der Waals surface area contributed by atoms with Gasteiger partial charge < -0.3 is 8.80 Å². The summed E-state index contributed by atoms with van der Waals surface area (Å²) in [5.41, 5.74) is 4.50. The molecule has 0 aromatic rings. The summed E-state index contributed by atoms with van der Waals surface area (Å²) in [5, 5.41) is 0. The van der Waals surface area contributed by atoms with Crippen molar-refractivity contribution in [1.82, 2.24) is 0 Å². The number of rotatable bonds is 1. The molecule has 0 aromatic heterocycles. The van der Waals surface area contributed by atoms with Gasteiger partial charge in [-0.05, 0) is 38.6 Å². The molecule has 0 spiro atoms. The molecule has 1 fully saturated rings. The number of carbonyl (C=O) groups is 1. The van der Waals surface area contributed by atoms with Crippen LogP contribution in [0.3, 0.4) is 0 Å². The Morgan fingerprint density at radius 2 is 1.77 bits per heavy atom. The third-order valence-electron chi connectivity index (χ3n) is 2.43. The molecule has 4 heteroatoms. The van der Waals surface area contributed by atoms with Crippen LogP contribution in [0.2, 0.25) is 0 Å². The van der Waals surface area contributed by atoms with Crippen LogP contribution in [0.4, 0.5) is 0 Å². The van der Waals surface area contributed by atoms with Crippen LogP contribution >= 0.6 is 23.0 Å². The van der Waals surface area contributed by atoms with E-state index in [1.165, 1.54) is 19.9 Å². The molecule has 1 rings (SSSR count). The molecule has 1 aliphatic carbocycles. The molecule has 0 unspecified atom stereocenters. The Labute approximate surface area is 94.1 Å². The van der Waals surface area contributed by atoms with E-state index in [-0.39, 0.29) is 11.9 Å². The van der Waals surface area contributed by atoms with Crippen molar-refractivity contribution in [1.29, 1.82) is 0 Å². The van der Waals surface area contributed by atoms with E-state index in [4.69, 9.17) is 0 Å². The summed E-state index contributed by atoms with van der Waals surface area (Å²) in [6.07, 6.45) is 4.39. The average molecular weight is 299 g/mol. The molecule has 3 nitrogen and oxygen atoms in total. The summed E-state index contributed by atoms with van der Waals surface area (Å²) in [6.45, 7) is 2.24. The van der Waals surface area contributed by atoms with Crippen molar-refractivity contribution >= 4 is 29.0 Å². The van der Waals surface area contributed by atoms with Gasteiger partial charge in [0.2, 0.25) is 0 Å². The van der Waals surface area contributed by atoms with Gasteiger partial charge in [-0.1, -0.05) is 6.92 Å². The zero-order valence-corrected chi connectivity index (χ0v) is 10.4. The molecule has 78 valence electrons. The summed E-state index contributed by atoms with van der Waals surface area (Å²) in [7, 11) is 1.50. The first-order chi connectivity index (χ1) is 6.24. The van der Waals surface area contributed by atoms with Crippen LogP contribution in [0.1, 0.15) is 32.6 Å². The van der Waals surface area contributed by atoms with E-state index in [9.17, 15) is 4.79 Å². The molecule has 0 amide bonds. The van der Waals surface area contributed by atoms with Gasteiger partial charge >= 0.3 is 5.97 Å². The largest absolute Gasteiger partial charge is 0.394 e. The lowest BCUT2D eigenvalue weighted by Crippen LogP contribution is -2.20. The molecule has 0 aromatic carbocycles. The third kappa shape index (κ3) is 4.81. The van der Waals surface area contributed by atoms with Crippen molar-refractivity contribution in [2.75, 3.05) is 7.05 Å². The van der Waals surface area contributed by atoms with Gasteiger partial charge in [-0.2, -0.15) is 0 Å². The van der Waals surface area contributed by atoms with Crippen LogP contribution in [-0.4, -0.2) is 13.0 Å². The molecule has 0 atom stereocenters. The molecule has 0 bridgehead atoms. The fraction of sp³-hybridized carbons (Fsp3) is 0.889. The highest BCUT2D eigenvalue weighted by Crippen LogP contribution is 2.29. The van der Waals surface area contributed by atoms with Gasteiger partial charge in [0.15, 0.2) is 23.0 Å². The summed E-state index contributed by atoms with van der Waals surface area (Å²) in [6, 6.07) is 0. The highest BCUT2D eigenvalue weighted by Gasteiger charge is 2.24. The number of halogens is 1. The van der Waals surface area contributed by atoms with Crippen LogP contribution in [0, 0.1) is 11.8 Å². The maximum atomic E-state index is 11.0. The average Bonchev–Trinajstić information content (AvgIpc) is 2.21. The molecule has 1 aliphatic rings. The highest BCUT2D eigenvalue weighted by atomic mass is 127.